The molecular weight excluding hydrogens is 1270 g/mol. The molecule has 0 bridgehead atoms. The third-order valence-corrected chi connectivity index (χ3v) is 18.3. The van der Waals surface area contributed by atoms with Crippen molar-refractivity contribution in [2.45, 2.75) is 373 Å². The highest BCUT2D eigenvalue weighted by molar-refractivity contribution is 5.71. The molecule has 1 N–H and O–H groups in total. The van der Waals surface area contributed by atoms with Gasteiger partial charge < -0.3 is 28.5 Å². The molecule has 9 heteroatoms. The summed E-state index contributed by atoms with van der Waals surface area (Å²) in [4.78, 5) is 37.8. The van der Waals surface area contributed by atoms with Crippen LogP contribution in [0.3, 0.4) is 0 Å². The smallest absolute Gasteiger partial charge is 0.361 e. The van der Waals surface area contributed by atoms with Crippen LogP contribution in [-0.4, -0.2) is 87.4 Å². The molecule has 0 aromatic carbocycles. The van der Waals surface area contributed by atoms with Crippen LogP contribution >= 0.6 is 0 Å². The monoisotopic (exact) mass is 1430 g/mol. The number of hydrogen-bond acceptors (Lipinski definition) is 7. The Labute approximate surface area is 635 Å². The van der Waals surface area contributed by atoms with E-state index in [4.69, 9.17) is 18.9 Å². The molecule has 0 saturated carbocycles. The molecular formula is C94H160NO8+. The maximum absolute atomic E-state index is 13.0. The molecule has 588 valence electrons. The molecule has 103 heavy (non-hydrogen) atoms. The van der Waals surface area contributed by atoms with E-state index in [1.54, 1.807) is 0 Å². The van der Waals surface area contributed by atoms with Crippen LogP contribution < -0.4 is 0 Å². The largest absolute Gasteiger partial charge is 0.477 e. The zero-order chi connectivity index (χ0) is 74.6. The number of carboxylic acids is 1. The van der Waals surface area contributed by atoms with E-state index in [1.807, 2.05) is 21.1 Å². The Balaban J connectivity index is 3.99. The fourth-order valence-electron chi connectivity index (χ4n) is 11.9. The maximum Gasteiger partial charge on any atom is 0.361 e. The van der Waals surface area contributed by atoms with Gasteiger partial charge in [-0.1, -0.05) is 384 Å². The minimum atomic E-state index is -1.52. The van der Waals surface area contributed by atoms with Gasteiger partial charge in [0.05, 0.1) is 34.4 Å². The summed E-state index contributed by atoms with van der Waals surface area (Å²) in [6.45, 7) is 4.68. The number of carbonyl (C=O) groups excluding carboxylic acids is 2. The molecule has 0 amide bonds. The summed E-state index contributed by atoms with van der Waals surface area (Å²) in [6.07, 6.45) is 120. The van der Waals surface area contributed by atoms with Crippen LogP contribution in [0, 0.1) is 0 Å². The normalized spacial score (nSPS) is 13.4. The first-order valence-electron chi connectivity index (χ1n) is 42.6. The molecule has 0 saturated heterocycles. The van der Waals surface area contributed by atoms with Gasteiger partial charge in [-0.15, -0.1) is 0 Å². The number of allylic oxidation sites excluding steroid dienone is 26. The Hall–Kier alpha value is -5.09. The number of quaternary nitrogens is 1. The van der Waals surface area contributed by atoms with Crippen molar-refractivity contribution in [2.75, 3.05) is 47.5 Å². The molecule has 0 heterocycles. The zero-order valence-electron chi connectivity index (χ0n) is 67.4. The molecule has 0 aromatic heterocycles. The fourth-order valence-corrected chi connectivity index (χ4v) is 11.9. The van der Waals surface area contributed by atoms with Gasteiger partial charge in [0.15, 0.2) is 6.10 Å². The highest BCUT2D eigenvalue weighted by atomic mass is 16.7. The first-order valence-corrected chi connectivity index (χ1v) is 42.6. The molecule has 0 aliphatic carbocycles. The second-order valence-corrected chi connectivity index (χ2v) is 29.4. The molecule has 2 unspecified atom stereocenters. The molecule has 9 nitrogen and oxygen atoms in total. The summed E-state index contributed by atoms with van der Waals surface area (Å²) >= 11 is 0. The Morgan fingerprint density at radius 2 is 0.524 bits per heavy atom. The summed E-state index contributed by atoms with van der Waals surface area (Å²) in [7, 11) is 5.99. The average molecular weight is 1430 g/mol. The molecule has 0 aliphatic heterocycles. The van der Waals surface area contributed by atoms with Crippen molar-refractivity contribution < 1.29 is 42.9 Å². The standard InChI is InChI=1S/C94H159NO8/c1-6-8-10-12-14-16-18-20-22-24-26-28-30-32-34-36-38-40-42-44-45-46-47-49-50-52-54-56-58-60-62-64-66-68-70-72-74-76-78-80-82-84-91(96)101-88-90(89-102-94(93(98)99)100-87-86-95(3,4)5)103-92(97)85-83-81-79-77-75-73-71-69-67-65-63-61-59-57-55-53-51-48-43-41-39-37-35-33-31-29-27-25-23-21-19-17-15-13-11-9-7-2/h8-11,14-17,20-23,26-29,32-35,38-41,48,51,90,94H,6-7,12-13,18-19,24-25,30-31,36-37,42-47,49-50,52-89H2,1-5H3/p+1/b10-8-,11-9-,16-14-,17-15-,22-20-,23-21-,28-26-,29-27-,34-32-,35-33-,40-38-,41-39-,51-48-. The summed E-state index contributed by atoms with van der Waals surface area (Å²) < 4.78 is 23.1. The fraction of sp³-hybridized carbons (Fsp3) is 0.691. The number of unbranched alkanes of at least 4 members (excludes halogenated alkanes) is 37. The molecule has 2 atom stereocenters. The van der Waals surface area contributed by atoms with Crippen LogP contribution in [0.5, 0.6) is 0 Å². The van der Waals surface area contributed by atoms with Gasteiger partial charge in [0.1, 0.15) is 13.2 Å². The summed E-state index contributed by atoms with van der Waals surface area (Å²) in [5, 5.41) is 9.79. The van der Waals surface area contributed by atoms with Crippen LogP contribution in [0.2, 0.25) is 0 Å². The topological polar surface area (TPSA) is 108 Å². The van der Waals surface area contributed by atoms with E-state index in [0.29, 0.717) is 17.4 Å². The molecule has 0 radical (unpaired) electrons. The minimum Gasteiger partial charge on any atom is -0.477 e. The van der Waals surface area contributed by atoms with Crippen molar-refractivity contribution in [2.24, 2.45) is 0 Å². The van der Waals surface area contributed by atoms with E-state index < -0.39 is 24.3 Å². The lowest BCUT2D eigenvalue weighted by molar-refractivity contribution is -0.870. The third kappa shape index (κ3) is 84.1. The number of esters is 2. The first-order chi connectivity index (χ1) is 50.6. The molecule has 0 fully saturated rings. The highest BCUT2D eigenvalue weighted by Crippen LogP contribution is 2.19. The predicted molar refractivity (Wildman–Crippen MR) is 447 cm³/mol. The number of hydrogen-bond donors (Lipinski definition) is 1. The Morgan fingerprint density at radius 3 is 0.777 bits per heavy atom. The lowest BCUT2D eigenvalue weighted by Gasteiger charge is -2.25. The van der Waals surface area contributed by atoms with Gasteiger partial charge in [0, 0.05) is 12.8 Å². The van der Waals surface area contributed by atoms with Gasteiger partial charge in [-0.2, -0.15) is 0 Å². The van der Waals surface area contributed by atoms with Gasteiger partial charge in [-0.05, 0) is 122 Å². The average Bonchev–Trinajstić information content (AvgIpc) is 1.16. The molecule has 0 rings (SSSR count). The number of carbonyl (C=O) groups is 3. The predicted octanol–water partition coefficient (Wildman–Crippen LogP) is 27.9. The maximum atomic E-state index is 13.0. The van der Waals surface area contributed by atoms with Crippen molar-refractivity contribution in [1.29, 1.82) is 0 Å². The van der Waals surface area contributed by atoms with Gasteiger partial charge in [-0.25, -0.2) is 4.79 Å². The highest BCUT2D eigenvalue weighted by Gasteiger charge is 2.25. The van der Waals surface area contributed by atoms with Crippen molar-refractivity contribution in [3.8, 4) is 0 Å². The Morgan fingerprint density at radius 1 is 0.291 bits per heavy atom. The summed E-state index contributed by atoms with van der Waals surface area (Å²) in [6, 6.07) is 0. The Bertz CT molecular complexity index is 2270. The van der Waals surface area contributed by atoms with Crippen LogP contribution in [0.15, 0.2) is 158 Å². The van der Waals surface area contributed by atoms with Gasteiger partial charge in [0.25, 0.3) is 6.29 Å². The van der Waals surface area contributed by atoms with Crippen LogP contribution in [0.1, 0.15) is 361 Å². The summed E-state index contributed by atoms with van der Waals surface area (Å²) in [5.41, 5.74) is 0. The van der Waals surface area contributed by atoms with E-state index in [-0.39, 0.29) is 32.2 Å². The van der Waals surface area contributed by atoms with Crippen molar-refractivity contribution in [3.63, 3.8) is 0 Å². The van der Waals surface area contributed by atoms with E-state index in [2.05, 4.69) is 172 Å². The van der Waals surface area contributed by atoms with Crippen LogP contribution in [0.4, 0.5) is 0 Å². The molecule has 0 spiro atoms. The van der Waals surface area contributed by atoms with Crippen molar-refractivity contribution >= 4 is 17.9 Å². The number of aliphatic carboxylic acids is 1. The number of rotatable bonds is 78. The second-order valence-electron chi connectivity index (χ2n) is 29.4. The van der Waals surface area contributed by atoms with E-state index in [0.717, 1.165) is 122 Å². The third-order valence-electron chi connectivity index (χ3n) is 18.3. The molecule has 0 aliphatic rings. The lowest BCUT2D eigenvalue weighted by atomic mass is 10.0. The SMILES string of the molecule is CC/C=C\C/C=C\C/C=C\C/C=C\C/C=C\C/C=C\C/C=C\CCCCCCCCCCCCCCCCCC(=O)OC(COC(=O)CCCCCCCCCCCCCCCCCCCCCCCC/C=C\C/C=C\C/C=C\C/C=C\C/C=C\C/C=C\CC)COC(OCC[N+](C)(C)C)C(=O)O. The van der Waals surface area contributed by atoms with E-state index >= 15 is 0 Å². The van der Waals surface area contributed by atoms with E-state index in [9.17, 15) is 19.5 Å². The first kappa shape index (κ1) is 97.9. The lowest BCUT2D eigenvalue weighted by Crippen LogP contribution is -2.40. The quantitative estimate of drug-likeness (QED) is 0.0211. The van der Waals surface area contributed by atoms with Gasteiger partial charge in [-0.3, -0.25) is 9.59 Å². The second kappa shape index (κ2) is 82.6. The summed E-state index contributed by atoms with van der Waals surface area (Å²) in [5.74, 6) is -1.99. The van der Waals surface area contributed by atoms with Crippen molar-refractivity contribution in [1.82, 2.24) is 0 Å². The van der Waals surface area contributed by atoms with Gasteiger partial charge >= 0.3 is 17.9 Å². The van der Waals surface area contributed by atoms with Crippen LogP contribution in [0.25, 0.3) is 0 Å². The number of likely N-dealkylation sites (N-methyl/N-ethyl adjacent to an activating group) is 1. The minimum absolute atomic E-state index is 0.184. The zero-order valence-corrected chi connectivity index (χ0v) is 67.4. The van der Waals surface area contributed by atoms with Gasteiger partial charge in [0.2, 0.25) is 0 Å². The van der Waals surface area contributed by atoms with E-state index in [1.165, 1.54) is 212 Å². The van der Waals surface area contributed by atoms with Crippen molar-refractivity contribution in [3.05, 3.63) is 158 Å². The number of ether oxygens (including phenoxy) is 4. The molecule has 0 aromatic rings. The number of nitrogens with zero attached hydrogens (tertiary/aromatic N) is 1. The number of carboxylic acid groups (broad SMARTS) is 1. The Kier molecular flexibility index (Phi) is 78.5. The van der Waals surface area contributed by atoms with Crippen LogP contribution in [-0.2, 0) is 33.3 Å².